The Hall–Kier alpha value is -1.04. The van der Waals surface area contributed by atoms with Crippen LogP contribution < -0.4 is 0 Å². The van der Waals surface area contributed by atoms with Crippen molar-refractivity contribution < 1.29 is 4.79 Å². The molecule has 0 aromatic carbocycles. The van der Waals surface area contributed by atoms with Gasteiger partial charge < -0.3 is 4.90 Å². The number of hydrogen-bond donors (Lipinski definition) is 0. The average Bonchev–Trinajstić information content (AvgIpc) is 2.30. The average molecular weight is 224 g/mol. The first-order valence-electron chi connectivity index (χ1n) is 6.41. The first kappa shape index (κ1) is 15.0. The Bertz CT molecular complexity index is 220. The SMILES string of the molecule is CCCCCCCCC(=O)N(CC)CC#N. The summed E-state index contributed by atoms with van der Waals surface area (Å²) >= 11 is 0. The van der Waals surface area contributed by atoms with Crippen LogP contribution in [-0.4, -0.2) is 23.9 Å². The molecule has 92 valence electrons. The van der Waals surface area contributed by atoms with Gasteiger partial charge in [-0.05, 0) is 13.3 Å². The molecule has 3 heteroatoms. The number of nitrogens with zero attached hydrogens (tertiary/aromatic N) is 2. The van der Waals surface area contributed by atoms with Crippen LogP contribution in [0.4, 0.5) is 0 Å². The van der Waals surface area contributed by atoms with Crippen molar-refractivity contribution in [3.63, 3.8) is 0 Å². The molecule has 0 aromatic heterocycles. The fraction of sp³-hybridized carbons (Fsp3) is 0.846. The Balaban J connectivity index is 3.52. The first-order chi connectivity index (χ1) is 7.76. The molecule has 0 unspecified atom stereocenters. The van der Waals surface area contributed by atoms with Crippen molar-refractivity contribution in [2.45, 2.75) is 58.8 Å². The summed E-state index contributed by atoms with van der Waals surface area (Å²) < 4.78 is 0. The lowest BCUT2D eigenvalue weighted by molar-refractivity contribution is -0.130. The molecule has 0 saturated carbocycles. The summed E-state index contributed by atoms with van der Waals surface area (Å²) in [5, 5.41) is 8.54. The van der Waals surface area contributed by atoms with Crippen molar-refractivity contribution in [1.29, 1.82) is 5.26 Å². The molecule has 0 N–H and O–H groups in total. The van der Waals surface area contributed by atoms with Gasteiger partial charge >= 0.3 is 0 Å². The molecule has 16 heavy (non-hydrogen) atoms. The van der Waals surface area contributed by atoms with E-state index in [4.69, 9.17) is 5.26 Å². The third-order valence-electron chi connectivity index (χ3n) is 2.74. The summed E-state index contributed by atoms with van der Waals surface area (Å²) in [4.78, 5) is 13.2. The fourth-order valence-electron chi connectivity index (χ4n) is 1.68. The van der Waals surface area contributed by atoms with E-state index < -0.39 is 0 Å². The largest absolute Gasteiger partial charge is 0.330 e. The van der Waals surface area contributed by atoms with Gasteiger partial charge in [0, 0.05) is 13.0 Å². The minimum Gasteiger partial charge on any atom is -0.330 e. The molecular weight excluding hydrogens is 200 g/mol. The highest BCUT2D eigenvalue weighted by molar-refractivity contribution is 5.76. The molecule has 0 rings (SSSR count). The number of carbonyl (C=O) groups excluding carboxylic acids is 1. The lowest BCUT2D eigenvalue weighted by Gasteiger charge is -2.16. The van der Waals surface area contributed by atoms with Crippen LogP contribution in [-0.2, 0) is 4.79 Å². The number of rotatable bonds is 9. The Kier molecular flexibility index (Phi) is 9.80. The predicted octanol–water partition coefficient (Wildman–Crippen LogP) is 3.11. The molecule has 0 bridgehead atoms. The fourth-order valence-corrected chi connectivity index (χ4v) is 1.68. The minimum absolute atomic E-state index is 0.125. The maximum atomic E-state index is 11.6. The minimum atomic E-state index is 0.125. The molecule has 0 atom stereocenters. The lowest BCUT2D eigenvalue weighted by Crippen LogP contribution is -2.30. The number of carbonyl (C=O) groups is 1. The lowest BCUT2D eigenvalue weighted by atomic mass is 10.1. The van der Waals surface area contributed by atoms with Crippen molar-refractivity contribution in [2.24, 2.45) is 0 Å². The van der Waals surface area contributed by atoms with E-state index in [9.17, 15) is 4.79 Å². The zero-order chi connectivity index (χ0) is 12.2. The number of amides is 1. The van der Waals surface area contributed by atoms with Gasteiger partial charge in [0.15, 0.2) is 0 Å². The molecule has 0 heterocycles. The molecule has 0 spiro atoms. The van der Waals surface area contributed by atoms with Gasteiger partial charge in [0.1, 0.15) is 6.54 Å². The van der Waals surface area contributed by atoms with E-state index in [1.165, 1.54) is 25.7 Å². The number of unbranched alkanes of at least 4 members (excludes halogenated alkanes) is 5. The summed E-state index contributed by atoms with van der Waals surface area (Å²) in [5.41, 5.74) is 0. The molecule has 0 aromatic rings. The zero-order valence-electron chi connectivity index (χ0n) is 10.7. The van der Waals surface area contributed by atoms with Crippen LogP contribution in [0, 0.1) is 11.3 Å². The van der Waals surface area contributed by atoms with Crippen molar-refractivity contribution in [1.82, 2.24) is 4.90 Å². The van der Waals surface area contributed by atoms with Crippen LogP contribution in [0.2, 0.25) is 0 Å². The second-order valence-electron chi connectivity index (χ2n) is 4.08. The second-order valence-corrected chi connectivity index (χ2v) is 4.08. The maximum Gasteiger partial charge on any atom is 0.223 e. The van der Waals surface area contributed by atoms with Gasteiger partial charge in [-0.1, -0.05) is 39.0 Å². The van der Waals surface area contributed by atoms with Crippen molar-refractivity contribution >= 4 is 5.91 Å². The maximum absolute atomic E-state index is 11.6. The van der Waals surface area contributed by atoms with E-state index in [1.807, 2.05) is 13.0 Å². The third-order valence-corrected chi connectivity index (χ3v) is 2.74. The normalized spacial score (nSPS) is 9.81. The molecule has 1 amide bonds. The van der Waals surface area contributed by atoms with Crippen LogP contribution >= 0.6 is 0 Å². The second kappa shape index (κ2) is 10.5. The molecule has 0 radical (unpaired) electrons. The van der Waals surface area contributed by atoms with Gasteiger partial charge in [0.05, 0.1) is 6.07 Å². The van der Waals surface area contributed by atoms with E-state index in [0.29, 0.717) is 13.0 Å². The molecule has 0 aliphatic carbocycles. The van der Waals surface area contributed by atoms with E-state index in [1.54, 1.807) is 4.90 Å². The monoisotopic (exact) mass is 224 g/mol. The molecule has 0 saturated heterocycles. The zero-order valence-corrected chi connectivity index (χ0v) is 10.7. The van der Waals surface area contributed by atoms with Crippen LogP contribution in [0.3, 0.4) is 0 Å². The highest BCUT2D eigenvalue weighted by Crippen LogP contribution is 2.08. The number of hydrogen-bond acceptors (Lipinski definition) is 2. The third kappa shape index (κ3) is 7.28. The molecular formula is C13H24N2O. The van der Waals surface area contributed by atoms with Gasteiger partial charge in [-0.25, -0.2) is 0 Å². The van der Waals surface area contributed by atoms with Gasteiger partial charge in [0.25, 0.3) is 0 Å². The summed E-state index contributed by atoms with van der Waals surface area (Å²) in [5.74, 6) is 0.125. The number of nitriles is 1. The Labute approximate surface area is 99.4 Å². The van der Waals surface area contributed by atoms with E-state index >= 15 is 0 Å². The smallest absolute Gasteiger partial charge is 0.223 e. The Morgan fingerprint density at radius 3 is 2.31 bits per heavy atom. The van der Waals surface area contributed by atoms with Crippen LogP contribution in [0.15, 0.2) is 0 Å². The van der Waals surface area contributed by atoms with Crippen molar-refractivity contribution in [3.05, 3.63) is 0 Å². The predicted molar refractivity (Wildman–Crippen MR) is 65.9 cm³/mol. The highest BCUT2D eigenvalue weighted by Gasteiger charge is 2.09. The topological polar surface area (TPSA) is 44.1 Å². The summed E-state index contributed by atoms with van der Waals surface area (Å²) in [6.07, 6.45) is 7.75. The van der Waals surface area contributed by atoms with Gasteiger partial charge in [-0.3, -0.25) is 4.79 Å². The quantitative estimate of drug-likeness (QED) is 0.446. The van der Waals surface area contributed by atoms with Crippen LogP contribution in [0.1, 0.15) is 58.8 Å². The molecule has 0 aliphatic rings. The van der Waals surface area contributed by atoms with Gasteiger partial charge in [-0.15, -0.1) is 0 Å². The van der Waals surface area contributed by atoms with Crippen LogP contribution in [0.5, 0.6) is 0 Å². The van der Waals surface area contributed by atoms with E-state index in [2.05, 4.69) is 6.92 Å². The standard InChI is InChI=1S/C13H24N2O/c1-3-5-6-7-8-9-10-13(16)15(4-2)12-11-14/h3-10,12H2,1-2H3. The van der Waals surface area contributed by atoms with E-state index in [0.717, 1.165) is 12.8 Å². The van der Waals surface area contributed by atoms with Crippen LogP contribution in [0.25, 0.3) is 0 Å². The van der Waals surface area contributed by atoms with Gasteiger partial charge in [0.2, 0.25) is 5.91 Å². The van der Waals surface area contributed by atoms with Crippen molar-refractivity contribution in [3.8, 4) is 6.07 Å². The molecule has 0 fully saturated rings. The Morgan fingerprint density at radius 1 is 1.12 bits per heavy atom. The van der Waals surface area contributed by atoms with Gasteiger partial charge in [-0.2, -0.15) is 5.26 Å². The summed E-state index contributed by atoms with van der Waals surface area (Å²) in [6.45, 7) is 4.98. The summed E-state index contributed by atoms with van der Waals surface area (Å²) in [7, 11) is 0. The van der Waals surface area contributed by atoms with Crippen molar-refractivity contribution in [2.75, 3.05) is 13.1 Å². The first-order valence-corrected chi connectivity index (χ1v) is 6.41. The van der Waals surface area contributed by atoms with E-state index in [-0.39, 0.29) is 12.5 Å². The Morgan fingerprint density at radius 2 is 1.75 bits per heavy atom. The summed E-state index contributed by atoms with van der Waals surface area (Å²) in [6, 6.07) is 2.02. The highest BCUT2D eigenvalue weighted by atomic mass is 16.2. The molecule has 0 aliphatic heterocycles. The molecule has 3 nitrogen and oxygen atoms in total.